The molecule has 8 nitrogen and oxygen atoms in total. The van der Waals surface area contributed by atoms with Crippen molar-refractivity contribution < 1.29 is 5.11 Å². The number of aliphatic hydroxyl groups is 1. The summed E-state index contributed by atoms with van der Waals surface area (Å²) >= 11 is 0. The van der Waals surface area contributed by atoms with Gasteiger partial charge in [0.2, 0.25) is 0 Å². The average molecular weight is 277 g/mol. The van der Waals surface area contributed by atoms with Crippen LogP contribution in [0.4, 0.5) is 5.82 Å². The molecule has 0 spiro atoms. The zero-order valence-corrected chi connectivity index (χ0v) is 11.5. The van der Waals surface area contributed by atoms with Gasteiger partial charge in [0.05, 0.1) is 24.2 Å². The molecule has 3 rings (SSSR count). The Morgan fingerprint density at radius 3 is 2.85 bits per heavy atom. The normalized spacial score (nSPS) is 17.8. The lowest BCUT2D eigenvalue weighted by molar-refractivity contribution is 0.0781. The SMILES string of the molecule is Cn1ncc2c(NN)nc(CN3CCC(O)CC3)nc21. The molecule has 2 aromatic rings. The van der Waals surface area contributed by atoms with E-state index in [0.717, 1.165) is 37.0 Å². The molecule has 0 aromatic carbocycles. The molecule has 0 radical (unpaired) electrons. The number of hydrogen-bond donors (Lipinski definition) is 3. The number of nitrogens with zero attached hydrogens (tertiary/aromatic N) is 5. The fraction of sp³-hybridized carbons (Fsp3) is 0.583. The third-order valence-electron chi connectivity index (χ3n) is 3.70. The Bertz CT molecular complexity index is 603. The van der Waals surface area contributed by atoms with Crippen molar-refractivity contribution in [3.8, 4) is 0 Å². The third kappa shape index (κ3) is 2.45. The number of nitrogens with two attached hydrogens (primary N) is 1. The lowest BCUT2D eigenvalue weighted by atomic mass is 10.1. The first-order valence-corrected chi connectivity index (χ1v) is 6.73. The molecule has 0 unspecified atom stereocenters. The Labute approximate surface area is 116 Å². The molecule has 1 aliphatic rings. The van der Waals surface area contributed by atoms with Crippen molar-refractivity contribution in [1.82, 2.24) is 24.6 Å². The van der Waals surface area contributed by atoms with E-state index < -0.39 is 0 Å². The van der Waals surface area contributed by atoms with Crippen molar-refractivity contribution in [2.75, 3.05) is 18.5 Å². The predicted molar refractivity (Wildman–Crippen MR) is 74.6 cm³/mol. The quantitative estimate of drug-likeness (QED) is 0.518. The molecule has 20 heavy (non-hydrogen) atoms. The Hall–Kier alpha value is -1.77. The van der Waals surface area contributed by atoms with Gasteiger partial charge in [-0.2, -0.15) is 5.10 Å². The van der Waals surface area contributed by atoms with Crippen molar-refractivity contribution >= 4 is 16.9 Å². The summed E-state index contributed by atoms with van der Waals surface area (Å²) in [6.07, 6.45) is 3.13. The highest BCUT2D eigenvalue weighted by Gasteiger charge is 2.19. The number of likely N-dealkylation sites (tertiary alicyclic amines) is 1. The van der Waals surface area contributed by atoms with Crippen molar-refractivity contribution in [3.63, 3.8) is 0 Å². The van der Waals surface area contributed by atoms with E-state index in [1.807, 2.05) is 7.05 Å². The van der Waals surface area contributed by atoms with Crippen LogP contribution < -0.4 is 11.3 Å². The standard InChI is InChI=1S/C12H19N7O/c1-18-12-9(6-14-18)11(17-13)15-10(16-12)7-19-4-2-8(20)3-5-19/h6,8,20H,2-5,7,13H2,1H3,(H,15,16,17). The third-order valence-corrected chi connectivity index (χ3v) is 3.70. The van der Waals surface area contributed by atoms with E-state index in [-0.39, 0.29) is 6.10 Å². The number of anilines is 1. The molecule has 0 saturated carbocycles. The van der Waals surface area contributed by atoms with Gasteiger partial charge in [-0.1, -0.05) is 0 Å². The molecule has 0 aliphatic carbocycles. The van der Waals surface area contributed by atoms with Crippen LogP contribution >= 0.6 is 0 Å². The predicted octanol–water partition coefficient (Wildman–Crippen LogP) is -0.394. The smallest absolute Gasteiger partial charge is 0.163 e. The van der Waals surface area contributed by atoms with Crippen LogP contribution in [-0.2, 0) is 13.6 Å². The number of aromatic nitrogens is 4. The van der Waals surface area contributed by atoms with Gasteiger partial charge in [0.15, 0.2) is 11.5 Å². The minimum absolute atomic E-state index is 0.173. The van der Waals surface area contributed by atoms with Gasteiger partial charge in [-0.3, -0.25) is 9.58 Å². The highest BCUT2D eigenvalue weighted by Crippen LogP contribution is 2.20. The van der Waals surface area contributed by atoms with Crippen LogP contribution in [0.15, 0.2) is 6.20 Å². The second kappa shape index (κ2) is 5.31. The molecule has 0 atom stereocenters. The van der Waals surface area contributed by atoms with E-state index in [1.54, 1.807) is 10.9 Å². The van der Waals surface area contributed by atoms with Crippen molar-refractivity contribution in [3.05, 3.63) is 12.0 Å². The summed E-state index contributed by atoms with van der Waals surface area (Å²) in [5.41, 5.74) is 3.37. The lowest BCUT2D eigenvalue weighted by Gasteiger charge is -2.28. The number of aliphatic hydroxyl groups excluding tert-OH is 1. The van der Waals surface area contributed by atoms with Crippen molar-refractivity contribution in [1.29, 1.82) is 0 Å². The number of hydrogen-bond acceptors (Lipinski definition) is 7. The largest absolute Gasteiger partial charge is 0.393 e. The van der Waals surface area contributed by atoms with E-state index in [2.05, 4.69) is 25.4 Å². The van der Waals surface area contributed by atoms with E-state index in [0.29, 0.717) is 18.2 Å². The fourth-order valence-corrected chi connectivity index (χ4v) is 2.53. The summed E-state index contributed by atoms with van der Waals surface area (Å²) in [5.74, 6) is 6.83. The first kappa shape index (κ1) is 13.2. The second-order valence-electron chi connectivity index (χ2n) is 5.15. The summed E-state index contributed by atoms with van der Waals surface area (Å²) in [5, 5.41) is 14.5. The summed E-state index contributed by atoms with van der Waals surface area (Å²) in [7, 11) is 1.84. The molecule has 1 fully saturated rings. The highest BCUT2D eigenvalue weighted by molar-refractivity contribution is 5.86. The molecule has 8 heteroatoms. The van der Waals surface area contributed by atoms with Crippen LogP contribution in [0, 0.1) is 0 Å². The highest BCUT2D eigenvalue weighted by atomic mass is 16.3. The zero-order chi connectivity index (χ0) is 14.1. The van der Waals surface area contributed by atoms with Gasteiger partial charge in [0, 0.05) is 20.1 Å². The number of hydrazine groups is 1. The number of nitrogen functional groups attached to an aromatic ring is 1. The fourth-order valence-electron chi connectivity index (χ4n) is 2.53. The second-order valence-corrected chi connectivity index (χ2v) is 5.15. The molecule has 108 valence electrons. The van der Waals surface area contributed by atoms with Gasteiger partial charge in [-0.05, 0) is 12.8 Å². The Kier molecular flexibility index (Phi) is 3.51. The van der Waals surface area contributed by atoms with Gasteiger partial charge in [-0.25, -0.2) is 15.8 Å². The Morgan fingerprint density at radius 1 is 1.40 bits per heavy atom. The summed E-state index contributed by atoms with van der Waals surface area (Å²) in [6, 6.07) is 0. The molecule has 4 N–H and O–H groups in total. The number of fused-ring (bicyclic) bond motifs is 1. The van der Waals surface area contributed by atoms with Gasteiger partial charge >= 0.3 is 0 Å². The maximum absolute atomic E-state index is 9.53. The van der Waals surface area contributed by atoms with E-state index in [9.17, 15) is 5.11 Å². The van der Waals surface area contributed by atoms with E-state index in [4.69, 9.17) is 5.84 Å². The van der Waals surface area contributed by atoms with Gasteiger partial charge in [0.25, 0.3) is 0 Å². The summed E-state index contributed by atoms with van der Waals surface area (Å²) < 4.78 is 1.71. The minimum atomic E-state index is -0.173. The molecule has 0 bridgehead atoms. The number of piperidine rings is 1. The van der Waals surface area contributed by atoms with Crippen LogP contribution in [0.2, 0.25) is 0 Å². The van der Waals surface area contributed by atoms with Crippen molar-refractivity contribution in [2.24, 2.45) is 12.9 Å². The van der Waals surface area contributed by atoms with Crippen LogP contribution in [0.5, 0.6) is 0 Å². The minimum Gasteiger partial charge on any atom is -0.393 e. The molecular weight excluding hydrogens is 258 g/mol. The molecule has 2 aromatic heterocycles. The first-order chi connectivity index (χ1) is 9.67. The average Bonchev–Trinajstić information content (AvgIpc) is 2.82. The van der Waals surface area contributed by atoms with Crippen LogP contribution in [-0.4, -0.2) is 48.9 Å². The van der Waals surface area contributed by atoms with Gasteiger partial charge < -0.3 is 10.5 Å². The Balaban J connectivity index is 1.86. The molecule has 3 heterocycles. The number of rotatable bonds is 3. The van der Waals surface area contributed by atoms with Crippen molar-refractivity contribution in [2.45, 2.75) is 25.5 Å². The summed E-state index contributed by atoms with van der Waals surface area (Å²) in [4.78, 5) is 11.2. The molecule has 1 saturated heterocycles. The van der Waals surface area contributed by atoms with E-state index >= 15 is 0 Å². The van der Waals surface area contributed by atoms with Crippen LogP contribution in [0.3, 0.4) is 0 Å². The number of nitrogens with one attached hydrogen (secondary N) is 1. The van der Waals surface area contributed by atoms with E-state index in [1.165, 1.54) is 0 Å². The lowest BCUT2D eigenvalue weighted by Crippen LogP contribution is -2.35. The van der Waals surface area contributed by atoms with Gasteiger partial charge in [-0.15, -0.1) is 0 Å². The first-order valence-electron chi connectivity index (χ1n) is 6.73. The maximum Gasteiger partial charge on any atom is 0.163 e. The summed E-state index contributed by atoms with van der Waals surface area (Å²) in [6.45, 7) is 2.38. The number of aryl methyl sites for hydroxylation is 1. The van der Waals surface area contributed by atoms with Gasteiger partial charge in [0.1, 0.15) is 5.82 Å². The van der Waals surface area contributed by atoms with Crippen LogP contribution in [0.1, 0.15) is 18.7 Å². The topological polar surface area (TPSA) is 105 Å². The molecule has 0 amide bonds. The molecule has 1 aliphatic heterocycles. The van der Waals surface area contributed by atoms with Crippen LogP contribution in [0.25, 0.3) is 11.0 Å². The zero-order valence-electron chi connectivity index (χ0n) is 11.5. The maximum atomic E-state index is 9.53. The molecular formula is C12H19N7O. The Morgan fingerprint density at radius 2 is 2.15 bits per heavy atom. The monoisotopic (exact) mass is 277 g/mol.